The van der Waals surface area contributed by atoms with Crippen LogP contribution in [0, 0.1) is 0 Å². The first-order chi connectivity index (χ1) is 8.83. The summed E-state index contributed by atoms with van der Waals surface area (Å²) in [6.45, 7) is 2.76. The summed E-state index contributed by atoms with van der Waals surface area (Å²) in [5, 5.41) is 8.46. The summed E-state index contributed by atoms with van der Waals surface area (Å²) in [4.78, 5) is 5.31. The van der Waals surface area contributed by atoms with Crippen molar-refractivity contribution in [3.63, 3.8) is 0 Å². The maximum absolute atomic E-state index is 4.70. The Morgan fingerprint density at radius 2 is 2.28 bits per heavy atom. The van der Waals surface area contributed by atoms with Crippen molar-refractivity contribution in [1.82, 2.24) is 15.5 Å². The number of nitrogens with zero attached hydrogens (tertiary/aromatic N) is 2. The first kappa shape index (κ1) is 11.4. The van der Waals surface area contributed by atoms with Crippen LogP contribution in [-0.2, 0) is 6.54 Å². The summed E-state index contributed by atoms with van der Waals surface area (Å²) in [5.41, 5.74) is 0. The highest BCUT2D eigenvalue weighted by molar-refractivity contribution is 7.19. The fraction of sp³-hybridized carbons (Fsp3) is 0.231. The number of fused-ring (bicyclic) bond motifs is 1. The SMILES string of the molecule is CC(NCc1ncon1)c1cc2ccccc2s1. The lowest BCUT2D eigenvalue weighted by atomic mass is 10.2. The van der Waals surface area contributed by atoms with Crippen LogP contribution in [0.4, 0.5) is 0 Å². The lowest BCUT2D eigenvalue weighted by Crippen LogP contribution is -2.17. The Morgan fingerprint density at radius 1 is 1.39 bits per heavy atom. The quantitative estimate of drug-likeness (QED) is 0.782. The molecule has 0 amide bonds. The Hall–Kier alpha value is -1.72. The van der Waals surface area contributed by atoms with Gasteiger partial charge in [-0.3, -0.25) is 0 Å². The van der Waals surface area contributed by atoms with Crippen LogP contribution in [-0.4, -0.2) is 10.1 Å². The predicted molar refractivity (Wildman–Crippen MR) is 71.4 cm³/mol. The van der Waals surface area contributed by atoms with Gasteiger partial charge in [0.1, 0.15) is 0 Å². The van der Waals surface area contributed by atoms with Gasteiger partial charge in [0.25, 0.3) is 0 Å². The van der Waals surface area contributed by atoms with Gasteiger partial charge in [-0.05, 0) is 24.4 Å². The number of hydrogen-bond donors (Lipinski definition) is 1. The van der Waals surface area contributed by atoms with E-state index >= 15 is 0 Å². The van der Waals surface area contributed by atoms with E-state index in [1.165, 1.54) is 21.4 Å². The molecule has 0 saturated heterocycles. The smallest absolute Gasteiger partial charge is 0.213 e. The molecule has 3 rings (SSSR count). The van der Waals surface area contributed by atoms with E-state index in [0.29, 0.717) is 12.4 Å². The van der Waals surface area contributed by atoms with Gasteiger partial charge in [-0.1, -0.05) is 23.4 Å². The molecule has 0 aliphatic rings. The van der Waals surface area contributed by atoms with Crippen LogP contribution in [0.15, 0.2) is 41.2 Å². The van der Waals surface area contributed by atoms with Gasteiger partial charge in [-0.25, -0.2) is 0 Å². The molecule has 2 heterocycles. The lowest BCUT2D eigenvalue weighted by Gasteiger charge is -2.09. The zero-order chi connectivity index (χ0) is 12.4. The van der Waals surface area contributed by atoms with Crippen LogP contribution in [0.2, 0.25) is 0 Å². The molecular weight excluding hydrogens is 246 g/mol. The second-order valence-corrected chi connectivity index (χ2v) is 5.25. The average Bonchev–Trinajstić information content (AvgIpc) is 3.04. The van der Waals surface area contributed by atoms with Gasteiger partial charge in [-0.2, -0.15) is 4.98 Å². The number of hydrogen-bond acceptors (Lipinski definition) is 5. The molecule has 1 atom stereocenters. The first-order valence-electron chi connectivity index (χ1n) is 5.80. The Bertz CT molecular complexity index is 600. The van der Waals surface area contributed by atoms with Crippen LogP contribution >= 0.6 is 11.3 Å². The topological polar surface area (TPSA) is 51.0 Å². The maximum atomic E-state index is 4.70. The molecule has 3 aromatic rings. The van der Waals surface area contributed by atoms with Gasteiger partial charge < -0.3 is 9.84 Å². The highest BCUT2D eigenvalue weighted by Gasteiger charge is 2.10. The second-order valence-electron chi connectivity index (χ2n) is 4.14. The van der Waals surface area contributed by atoms with Crippen LogP contribution in [0.1, 0.15) is 23.7 Å². The first-order valence-corrected chi connectivity index (χ1v) is 6.61. The minimum absolute atomic E-state index is 0.279. The van der Waals surface area contributed by atoms with Gasteiger partial charge in [0.15, 0.2) is 5.82 Å². The molecule has 0 fully saturated rings. The van der Waals surface area contributed by atoms with Crippen LogP contribution in [0.3, 0.4) is 0 Å². The number of nitrogens with one attached hydrogen (secondary N) is 1. The third-order valence-electron chi connectivity index (χ3n) is 2.84. The lowest BCUT2D eigenvalue weighted by molar-refractivity contribution is 0.405. The van der Waals surface area contributed by atoms with Crippen molar-refractivity contribution >= 4 is 21.4 Å². The predicted octanol–water partition coefficient (Wildman–Crippen LogP) is 3.14. The van der Waals surface area contributed by atoms with Gasteiger partial charge >= 0.3 is 0 Å². The van der Waals surface area contributed by atoms with E-state index in [2.05, 4.69) is 52.7 Å². The summed E-state index contributed by atoms with van der Waals surface area (Å²) < 4.78 is 6.02. The minimum atomic E-state index is 0.279. The zero-order valence-electron chi connectivity index (χ0n) is 9.96. The molecule has 0 spiro atoms. The Balaban J connectivity index is 1.73. The molecule has 1 aromatic carbocycles. The van der Waals surface area contributed by atoms with E-state index in [9.17, 15) is 0 Å². The molecule has 2 aromatic heterocycles. The largest absolute Gasteiger partial charge is 0.343 e. The molecule has 5 heteroatoms. The van der Waals surface area contributed by atoms with E-state index in [0.717, 1.165) is 0 Å². The number of aromatic nitrogens is 2. The molecule has 1 unspecified atom stereocenters. The van der Waals surface area contributed by atoms with Crippen molar-refractivity contribution in [1.29, 1.82) is 0 Å². The molecule has 4 nitrogen and oxygen atoms in total. The van der Waals surface area contributed by atoms with E-state index in [1.807, 2.05) is 11.3 Å². The molecule has 1 N–H and O–H groups in total. The highest BCUT2D eigenvalue weighted by Crippen LogP contribution is 2.29. The van der Waals surface area contributed by atoms with Crippen molar-refractivity contribution in [2.75, 3.05) is 0 Å². The van der Waals surface area contributed by atoms with E-state index in [-0.39, 0.29) is 6.04 Å². The number of rotatable bonds is 4. The Kier molecular flexibility index (Phi) is 3.08. The summed E-state index contributed by atoms with van der Waals surface area (Å²) in [7, 11) is 0. The third kappa shape index (κ3) is 2.27. The average molecular weight is 259 g/mol. The van der Waals surface area contributed by atoms with Crippen LogP contribution < -0.4 is 5.32 Å². The summed E-state index contributed by atoms with van der Waals surface area (Å²) in [6.07, 6.45) is 1.35. The fourth-order valence-electron chi connectivity index (χ4n) is 1.83. The summed E-state index contributed by atoms with van der Waals surface area (Å²) in [6, 6.07) is 10.9. The van der Waals surface area contributed by atoms with Crippen molar-refractivity contribution in [3.05, 3.63) is 47.4 Å². The van der Waals surface area contributed by atoms with Gasteiger partial charge in [-0.15, -0.1) is 11.3 Å². The molecular formula is C13H13N3OS. The van der Waals surface area contributed by atoms with Crippen LogP contribution in [0.5, 0.6) is 0 Å². The Labute approximate surface area is 109 Å². The fourth-order valence-corrected chi connectivity index (χ4v) is 2.92. The Morgan fingerprint density at radius 3 is 3.06 bits per heavy atom. The van der Waals surface area contributed by atoms with Gasteiger partial charge in [0.2, 0.25) is 6.39 Å². The number of thiophene rings is 1. The van der Waals surface area contributed by atoms with Crippen molar-refractivity contribution in [3.8, 4) is 0 Å². The van der Waals surface area contributed by atoms with Gasteiger partial charge in [0.05, 0.1) is 6.54 Å². The molecule has 92 valence electrons. The zero-order valence-corrected chi connectivity index (χ0v) is 10.8. The molecule has 0 radical (unpaired) electrons. The van der Waals surface area contributed by atoms with Crippen molar-refractivity contribution < 1.29 is 4.52 Å². The molecule has 0 aliphatic heterocycles. The van der Waals surface area contributed by atoms with E-state index in [1.54, 1.807) is 0 Å². The molecule has 18 heavy (non-hydrogen) atoms. The second kappa shape index (κ2) is 4.88. The van der Waals surface area contributed by atoms with E-state index < -0.39 is 0 Å². The monoisotopic (exact) mass is 259 g/mol. The molecule has 0 aliphatic carbocycles. The minimum Gasteiger partial charge on any atom is -0.343 e. The normalized spacial score (nSPS) is 12.9. The number of benzene rings is 1. The third-order valence-corrected chi connectivity index (χ3v) is 4.14. The standard InChI is InChI=1S/C13H13N3OS/c1-9(14-7-13-15-8-17-16-13)12-6-10-4-2-3-5-11(10)18-12/h2-6,8-9,14H,7H2,1H3. The van der Waals surface area contributed by atoms with Crippen molar-refractivity contribution in [2.24, 2.45) is 0 Å². The highest BCUT2D eigenvalue weighted by atomic mass is 32.1. The van der Waals surface area contributed by atoms with E-state index in [4.69, 9.17) is 4.52 Å². The summed E-state index contributed by atoms with van der Waals surface area (Å²) in [5.74, 6) is 0.683. The molecule has 0 bridgehead atoms. The molecule has 0 saturated carbocycles. The van der Waals surface area contributed by atoms with Crippen LogP contribution in [0.25, 0.3) is 10.1 Å². The summed E-state index contributed by atoms with van der Waals surface area (Å²) >= 11 is 1.82. The van der Waals surface area contributed by atoms with Gasteiger partial charge in [0, 0.05) is 15.6 Å². The van der Waals surface area contributed by atoms with Crippen molar-refractivity contribution in [2.45, 2.75) is 19.5 Å². The maximum Gasteiger partial charge on any atom is 0.213 e.